The van der Waals surface area contributed by atoms with E-state index in [0.717, 1.165) is 16.7 Å². The Labute approximate surface area is 319 Å². The van der Waals surface area contributed by atoms with Gasteiger partial charge in [-0.3, -0.25) is 23.8 Å². The Morgan fingerprint density at radius 3 is 2.22 bits per heavy atom. The monoisotopic (exact) mass is 787 g/mol. The molecule has 0 radical (unpaired) electrons. The summed E-state index contributed by atoms with van der Waals surface area (Å²) >= 11 is 6.27. The number of nitrogen functional groups attached to an aromatic ring is 1. The molecule has 0 spiro atoms. The number of phosphoric acid groups is 1. The Hall–Kier alpha value is -5.25. The van der Waals surface area contributed by atoms with E-state index in [-0.39, 0.29) is 41.1 Å². The van der Waals surface area contributed by atoms with Gasteiger partial charge >= 0.3 is 7.82 Å². The molecular weight excluding hydrogens is 753 g/mol. The highest BCUT2D eigenvalue weighted by Gasteiger charge is 2.66. The van der Waals surface area contributed by atoms with Crippen molar-refractivity contribution in [2.45, 2.75) is 29.6 Å². The third kappa shape index (κ3) is 6.63. The topological polar surface area (TPSA) is 192 Å². The maximum atomic E-state index is 13.8. The zero-order valence-electron chi connectivity index (χ0n) is 29.4. The van der Waals surface area contributed by atoms with Crippen LogP contribution in [-0.4, -0.2) is 69.7 Å². The van der Waals surface area contributed by atoms with Gasteiger partial charge in [-0.1, -0.05) is 78.3 Å². The molecule has 4 N–H and O–H groups in total. The summed E-state index contributed by atoms with van der Waals surface area (Å²) in [5, 5.41) is 0.101. The molecule has 0 amide bonds. The molecule has 2 aliphatic heterocycles. The van der Waals surface area contributed by atoms with Crippen molar-refractivity contribution in [3.05, 3.63) is 142 Å². The molecule has 15 nitrogen and oxygen atoms in total. The summed E-state index contributed by atoms with van der Waals surface area (Å²) in [5.41, 5.74) is 4.82. The van der Waals surface area contributed by atoms with Gasteiger partial charge in [-0.05, 0) is 53.1 Å². The molecule has 2 saturated heterocycles. The lowest BCUT2D eigenvalue weighted by Gasteiger charge is -2.40. The number of nitrogens with zero attached hydrogens (tertiary/aromatic N) is 3. The van der Waals surface area contributed by atoms with E-state index in [1.807, 2.05) is 78.9 Å². The molecule has 2 aliphatic rings. The summed E-state index contributed by atoms with van der Waals surface area (Å²) in [6.45, 7) is -0.379. The second kappa shape index (κ2) is 14.4. The Kier molecular flexibility index (Phi) is 9.64. The second-order valence-corrected chi connectivity index (χ2v) is 14.7. The number of benzene rings is 4. The zero-order chi connectivity index (χ0) is 38.4. The number of rotatable bonds is 13. The van der Waals surface area contributed by atoms with Gasteiger partial charge in [0, 0.05) is 0 Å². The minimum atomic E-state index is -4.93. The number of nitrogens with one attached hydrogen (secondary N) is 1. The van der Waals surface area contributed by atoms with Crippen LogP contribution in [0.5, 0.6) is 17.2 Å². The Morgan fingerprint density at radius 2 is 1.58 bits per heavy atom. The number of phosphoric ester groups is 1. The van der Waals surface area contributed by atoms with Crippen molar-refractivity contribution >= 4 is 36.5 Å². The van der Waals surface area contributed by atoms with Crippen molar-refractivity contribution in [2.24, 2.45) is 0 Å². The van der Waals surface area contributed by atoms with Crippen LogP contribution in [0.25, 0.3) is 11.2 Å². The van der Waals surface area contributed by atoms with Crippen molar-refractivity contribution in [1.29, 1.82) is 0 Å². The number of hydrogen-bond acceptors (Lipinski definition) is 12. The predicted octanol–water partition coefficient (Wildman–Crippen LogP) is 5.61. The number of aromatic amines is 1. The van der Waals surface area contributed by atoms with Crippen molar-refractivity contribution < 1.29 is 42.2 Å². The molecule has 17 heteroatoms. The lowest BCUT2D eigenvalue weighted by Crippen LogP contribution is -2.49. The van der Waals surface area contributed by atoms with Crippen molar-refractivity contribution in [2.75, 3.05) is 33.2 Å². The molecule has 0 saturated carbocycles. The van der Waals surface area contributed by atoms with Crippen LogP contribution in [0.1, 0.15) is 22.9 Å². The largest absolute Gasteiger partial charge is 0.527 e. The highest BCUT2D eigenvalue weighted by Crippen LogP contribution is 2.56. The number of methoxy groups -OCH3 is 2. The average Bonchev–Trinajstić information content (AvgIpc) is 3.86. The van der Waals surface area contributed by atoms with E-state index in [1.165, 1.54) is 23.0 Å². The Balaban J connectivity index is 1.24. The van der Waals surface area contributed by atoms with Gasteiger partial charge in [0.15, 0.2) is 17.4 Å². The van der Waals surface area contributed by atoms with Crippen LogP contribution in [0, 0.1) is 0 Å². The number of anilines is 1. The summed E-state index contributed by atoms with van der Waals surface area (Å²) in [5.74, 6) is 1.07. The van der Waals surface area contributed by atoms with Crippen LogP contribution in [0.15, 0.2) is 114 Å². The second-order valence-electron chi connectivity index (χ2n) is 12.9. The van der Waals surface area contributed by atoms with Gasteiger partial charge in [0.1, 0.15) is 40.7 Å². The van der Waals surface area contributed by atoms with Gasteiger partial charge < -0.3 is 33.9 Å². The number of para-hydroxylation sites is 1. The van der Waals surface area contributed by atoms with E-state index in [0.29, 0.717) is 11.5 Å². The fourth-order valence-electron chi connectivity index (χ4n) is 7.12. The highest BCUT2D eigenvalue weighted by molar-refractivity contribution is 7.47. The number of nitrogens with two attached hydrogens (primary N) is 1. The van der Waals surface area contributed by atoms with Gasteiger partial charge in [-0.25, -0.2) is 9.55 Å². The van der Waals surface area contributed by atoms with Crippen LogP contribution in [0.3, 0.4) is 0 Å². The average molecular weight is 788 g/mol. The van der Waals surface area contributed by atoms with Crippen molar-refractivity contribution in [3.8, 4) is 17.2 Å². The van der Waals surface area contributed by atoms with Crippen LogP contribution < -0.4 is 25.3 Å². The first-order chi connectivity index (χ1) is 26.6. The van der Waals surface area contributed by atoms with E-state index >= 15 is 0 Å². The number of hydrogen-bond donors (Lipinski definition) is 3. The number of ether oxygens (including phenoxy) is 5. The van der Waals surface area contributed by atoms with Crippen molar-refractivity contribution in [3.63, 3.8) is 0 Å². The van der Waals surface area contributed by atoms with Gasteiger partial charge in [-0.2, -0.15) is 4.98 Å². The smallest absolute Gasteiger partial charge is 0.497 e. The van der Waals surface area contributed by atoms with Gasteiger partial charge in [0.05, 0.1) is 38.8 Å². The summed E-state index contributed by atoms with van der Waals surface area (Å²) in [6, 6.07) is 30.7. The maximum absolute atomic E-state index is 13.8. The molecule has 2 unspecified atom stereocenters. The van der Waals surface area contributed by atoms with E-state index in [1.54, 1.807) is 26.4 Å². The van der Waals surface area contributed by atoms with E-state index < -0.39 is 43.0 Å². The molecule has 284 valence electrons. The molecule has 2 fully saturated rings. The minimum Gasteiger partial charge on any atom is -0.497 e. The predicted molar refractivity (Wildman–Crippen MR) is 200 cm³/mol. The number of H-pyrrole nitrogens is 1. The molecule has 2 bridgehead atoms. The summed E-state index contributed by atoms with van der Waals surface area (Å²) in [4.78, 5) is 34.9. The molecule has 4 heterocycles. The van der Waals surface area contributed by atoms with Crippen molar-refractivity contribution in [1.82, 2.24) is 19.5 Å². The minimum absolute atomic E-state index is 0.000306. The fourth-order valence-corrected chi connectivity index (χ4v) is 8.40. The molecule has 0 aliphatic carbocycles. The normalized spacial score (nSPS) is 21.7. The van der Waals surface area contributed by atoms with Gasteiger partial charge in [0.2, 0.25) is 5.95 Å². The molecule has 55 heavy (non-hydrogen) atoms. The van der Waals surface area contributed by atoms with E-state index in [9.17, 15) is 14.3 Å². The summed E-state index contributed by atoms with van der Waals surface area (Å²) in [7, 11) is -1.76. The molecule has 2 aromatic heterocycles. The van der Waals surface area contributed by atoms with Crippen LogP contribution >= 0.6 is 19.4 Å². The molecule has 8 rings (SSSR count). The fraction of sp³-hybridized carbons (Fsp3) is 0.237. The number of halogens is 1. The molecular formula is C38H35ClN5O10P. The molecule has 4 aromatic carbocycles. The first-order valence-electron chi connectivity index (χ1n) is 17.0. The molecule has 5 atom stereocenters. The standard InChI is InChI=1S/C38H35ClN5O10P/c1-48-26-16-12-24(13-17-26)38(23-8-4-3-5-9-23,25-14-18-27(49-2)19-15-25)51-21-37-20-50-31(32(37)54-55(46,47)53-29-11-7-6-10-28(29)39)35(52-37)44-22-41-30-33(44)42-36(40)43-34(30)45/h3-19,22,31-32,35H,20-21H2,1-2H3,(H,46,47)(H3,40,42,43,45)/t31-,32?,35-,37+/m1/s1. The first-order valence-corrected chi connectivity index (χ1v) is 18.9. The zero-order valence-corrected chi connectivity index (χ0v) is 31.1. The lowest BCUT2D eigenvalue weighted by molar-refractivity contribution is -0.202. The highest BCUT2D eigenvalue weighted by atomic mass is 35.5. The number of aromatic nitrogens is 4. The summed E-state index contributed by atoms with van der Waals surface area (Å²) < 4.78 is 58.0. The van der Waals surface area contributed by atoms with E-state index in [4.69, 9.17) is 50.1 Å². The Bertz CT molecular complexity index is 2380. The summed E-state index contributed by atoms with van der Waals surface area (Å²) in [6.07, 6.45) is -2.05. The first kappa shape index (κ1) is 36.7. The van der Waals surface area contributed by atoms with Gasteiger partial charge in [0.25, 0.3) is 5.56 Å². The lowest BCUT2D eigenvalue weighted by atomic mass is 9.79. The Morgan fingerprint density at radius 1 is 0.964 bits per heavy atom. The van der Waals surface area contributed by atoms with E-state index in [2.05, 4.69) is 15.0 Å². The third-order valence-electron chi connectivity index (χ3n) is 9.70. The van der Waals surface area contributed by atoms with Crippen LogP contribution in [0.2, 0.25) is 5.02 Å². The third-order valence-corrected chi connectivity index (χ3v) is 10.9. The number of fused-ring (bicyclic) bond motifs is 3. The van der Waals surface area contributed by atoms with Crippen LogP contribution in [-0.2, 0) is 28.9 Å². The van der Waals surface area contributed by atoms with Crippen LogP contribution in [0.4, 0.5) is 5.95 Å². The van der Waals surface area contributed by atoms with Gasteiger partial charge in [-0.15, -0.1) is 0 Å². The SMILES string of the molecule is COc1ccc(C(OC[C@@]23CO[C@H](C2OP(=O)(O)Oc2ccccc2Cl)[C@H](n2cnc4c(=O)[nH]c(N)nc42)O3)(c2ccccc2)c2ccc(OC)cc2)cc1. The number of imidazole rings is 1. The molecule has 6 aromatic rings. The quantitative estimate of drug-likeness (QED) is 0.0968. The maximum Gasteiger partial charge on any atom is 0.527 e.